The van der Waals surface area contributed by atoms with Crippen molar-refractivity contribution in [1.82, 2.24) is 29.8 Å². The summed E-state index contributed by atoms with van der Waals surface area (Å²) in [6.07, 6.45) is 10.3. The quantitative estimate of drug-likeness (QED) is 0.732. The van der Waals surface area contributed by atoms with Gasteiger partial charge in [0, 0.05) is 24.8 Å². The molecule has 132 valence electrons. The molecule has 0 aliphatic carbocycles. The molecule has 1 amide bonds. The number of H-pyrrole nitrogens is 1. The average molecular weight is 349 g/mol. The van der Waals surface area contributed by atoms with Gasteiger partial charge in [0.1, 0.15) is 11.5 Å². The monoisotopic (exact) mass is 349 g/mol. The second-order valence-electron chi connectivity index (χ2n) is 6.16. The third-order valence-corrected chi connectivity index (χ3v) is 4.42. The summed E-state index contributed by atoms with van der Waals surface area (Å²) in [5.41, 5.74) is 1.28. The molecule has 1 fully saturated rings. The van der Waals surface area contributed by atoms with E-state index in [1.165, 1.54) is 12.4 Å². The zero-order valence-corrected chi connectivity index (χ0v) is 14.2. The van der Waals surface area contributed by atoms with Crippen LogP contribution in [0.4, 0.5) is 5.82 Å². The molecule has 1 aliphatic rings. The minimum absolute atomic E-state index is 0.185. The van der Waals surface area contributed by atoms with Crippen molar-refractivity contribution in [2.75, 3.05) is 11.9 Å². The van der Waals surface area contributed by atoms with Crippen LogP contribution in [0.1, 0.15) is 40.9 Å². The second-order valence-corrected chi connectivity index (χ2v) is 6.16. The first kappa shape index (κ1) is 16.3. The number of imidazole rings is 1. The van der Waals surface area contributed by atoms with Crippen molar-refractivity contribution in [3.8, 4) is 0 Å². The Kier molecular flexibility index (Phi) is 4.65. The normalized spacial score (nSPS) is 17.3. The SMILES string of the molecule is O=C(Nc1cnccn1)c1cccc([C@@H]2CCCN2Cc2ncc[nH]2)n1. The third kappa shape index (κ3) is 3.60. The summed E-state index contributed by atoms with van der Waals surface area (Å²) >= 11 is 0. The third-order valence-electron chi connectivity index (χ3n) is 4.42. The number of anilines is 1. The van der Waals surface area contributed by atoms with E-state index >= 15 is 0 Å². The van der Waals surface area contributed by atoms with Gasteiger partial charge in [0.2, 0.25) is 0 Å². The molecule has 1 atom stereocenters. The zero-order valence-electron chi connectivity index (χ0n) is 14.2. The predicted octanol–water partition coefficient (Wildman–Crippen LogP) is 2.18. The number of nitrogens with one attached hydrogen (secondary N) is 2. The van der Waals surface area contributed by atoms with Gasteiger partial charge in [0.15, 0.2) is 5.82 Å². The van der Waals surface area contributed by atoms with Gasteiger partial charge < -0.3 is 10.3 Å². The van der Waals surface area contributed by atoms with Gasteiger partial charge in [-0.2, -0.15) is 0 Å². The molecule has 4 heterocycles. The molecule has 2 N–H and O–H groups in total. The lowest BCUT2D eigenvalue weighted by Gasteiger charge is -2.23. The highest BCUT2D eigenvalue weighted by atomic mass is 16.1. The van der Waals surface area contributed by atoms with Crippen molar-refractivity contribution in [2.45, 2.75) is 25.4 Å². The largest absolute Gasteiger partial charge is 0.348 e. The number of carbonyl (C=O) groups is 1. The van der Waals surface area contributed by atoms with Crippen LogP contribution < -0.4 is 5.32 Å². The van der Waals surface area contributed by atoms with Gasteiger partial charge in [-0.25, -0.2) is 15.0 Å². The summed E-state index contributed by atoms with van der Waals surface area (Å²) in [4.78, 5) is 34.8. The summed E-state index contributed by atoms with van der Waals surface area (Å²) in [6, 6.07) is 5.74. The van der Waals surface area contributed by atoms with Gasteiger partial charge in [-0.1, -0.05) is 6.07 Å². The first-order chi connectivity index (χ1) is 12.8. The van der Waals surface area contributed by atoms with Crippen LogP contribution >= 0.6 is 0 Å². The van der Waals surface area contributed by atoms with Gasteiger partial charge in [-0.15, -0.1) is 0 Å². The highest BCUT2D eigenvalue weighted by molar-refractivity contribution is 6.02. The van der Waals surface area contributed by atoms with E-state index in [1.807, 2.05) is 18.3 Å². The van der Waals surface area contributed by atoms with Gasteiger partial charge in [0.05, 0.1) is 24.5 Å². The van der Waals surface area contributed by atoms with Crippen LogP contribution in [0.25, 0.3) is 0 Å². The van der Waals surface area contributed by atoms with Crippen molar-refractivity contribution in [1.29, 1.82) is 0 Å². The Morgan fingerprint density at radius 1 is 1.27 bits per heavy atom. The number of nitrogens with zero attached hydrogens (tertiary/aromatic N) is 5. The Morgan fingerprint density at radius 3 is 3.04 bits per heavy atom. The smallest absolute Gasteiger partial charge is 0.275 e. The van der Waals surface area contributed by atoms with E-state index in [1.54, 1.807) is 18.5 Å². The standard InChI is InChI=1S/C18H19N7O/c26-18(24-16-11-19-6-7-20-16)14-4-1-3-13(23-14)15-5-2-10-25(15)12-17-21-8-9-22-17/h1,3-4,6-9,11,15H,2,5,10,12H2,(H,21,22)(H,20,24,26)/t15-/m0/s1. The van der Waals surface area contributed by atoms with Crippen LogP contribution in [-0.4, -0.2) is 42.3 Å². The Morgan fingerprint density at radius 2 is 2.23 bits per heavy atom. The van der Waals surface area contributed by atoms with Gasteiger partial charge >= 0.3 is 0 Å². The fraction of sp³-hybridized carbons (Fsp3) is 0.278. The van der Waals surface area contributed by atoms with E-state index in [9.17, 15) is 4.79 Å². The minimum Gasteiger partial charge on any atom is -0.348 e. The van der Waals surface area contributed by atoms with E-state index in [4.69, 9.17) is 0 Å². The summed E-state index contributed by atoms with van der Waals surface area (Å²) in [5, 5.41) is 2.72. The highest BCUT2D eigenvalue weighted by Crippen LogP contribution is 2.31. The van der Waals surface area contributed by atoms with Crippen LogP contribution in [0.5, 0.6) is 0 Å². The number of hydrogen-bond acceptors (Lipinski definition) is 6. The molecule has 0 saturated carbocycles. The van der Waals surface area contributed by atoms with Gasteiger partial charge in [0.25, 0.3) is 5.91 Å². The fourth-order valence-electron chi connectivity index (χ4n) is 3.23. The first-order valence-electron chi connectivity index (χ1n) is 8.56. The molecule has 8 nitrogen and oxygen atoms in total. The van der Waals surface area contributed by atoms with Crippen molar-refractivity contribution < 1.29 is 4.79 Å². The van der Waals surface area contributed by atoms with E-state index < -0.39 is 0 Å². The van der Waals surface area contributed by atoms with E-state index in [2.05, 4.69) is 35.1 Å². The molecule has 0 radical (unpaired) electrons. The van der Waals surface area contributed by atoms with Crippen molar-refractivity contribution in [2.24, 2.45) is 0 Å². The van der Waals surface area contributed by atoms with E-state index in [0.717, 1.165) is 37.4 Å². The predicted molar refractivity (Wildman–Crippen MR) is 95.2 cm³/mol. The lowest BCUT2D eigenvalue weighted by atomic mass is 10.1. The number of hydrogen-bond donors (Lipinski definition) is 2. The number of aromatic nitrogens is 5. The molecule has 3 aromatic rings. The molecule has 8 heteroatoms. The average Bonchev–Trinajstić information content (AvgIpc) is 3.35. The Labute approximate surface area is 150 Å². The molecule has 0 unspecified atom stereocenters. The molecule has 1 saturated heterocycles. The van der Waals surface area contributed by atoms with Crippen LogP contribution in [0.3, 0.4) is 0 Å². The molecule has 0 spiro atoms. The molecule has 0 bridgehead atoms. The van der Waals surface area contributed by atoms with Crippen LogP contribution in [0, 0.1) is 0 Å². The highest BCUT2D eigenvalue weighted by Gasteiger charge is 2.28. The number of likely N-dealkylation sites (tertiary alicyclic amines) is 1. The van der Waals surface area contributed by atoms with E-state index in [0.29, 0.717) is 11.5 Å². The van der Waals surface area contributed by atoms with Crippen molar-refractivity contribution in [3.63, 3.8) is 0 Å². The molecular weight excluding hydrogens is 330 g/mol. The lowest BCUT2D eigenvalue weighted by Crippen LogP contribution is -2.25. The Hall–Kier alpha value is -3.13. The minimum atomic E-state index is -0.289. The number of aromatic amines is 1. The van der Waals surface area contributed by atoms with Gasteiger partial charge in [-0.3, -0.25) is 14.7 Å². The number of rotatable bonds is 5. The molecule has 0 aromatic carbocycles. The van der Waals surface area contributed by atoms with E-state index in [-0.39, 0.29) is 11.9 Å². The number of amides is 1. The molecular formula is C18H19N7O. The summed E-state index contributed by atoms with van der Waals surface area (Å²) in [7, 11) is 0. The maximum Gasteiger partial charge on any atom is 0.275 e. The molecule has 3 aromatic heterocycles. The summed E-state index contributed by atoms with van der Waals surface area (Å²) in [6.45, 7) is 1.73. The Bertz CT molecular complexity index is 866. The first-order valence-corrected chi connectivity index (χ1v) is 8.56. The fourth-order valence-corrected chi connectivity index (χ4v) is 3.23. The summed E-state index contributed by atoms with van der Waals surface area (Å²) in [5.74, 6) is 1.06. The van der Waals surface area contributed by atoms with Crippen LogP contribution in [0.15, 0.2) is 49.2 Å². The zero-order chi connectivity index (χ0) is 17.8. The molecule has 26 heavy (non-hydrogen) atoms. The second kappa shape index (κ2) is 7.40. The maximum atomic E-state index is 12.4. The number of pyridine rings is 1. The number of carbonyl (C=O) groups excluding carboxylic acids is 1. The van der Waals surface area contributed by atoms with Crippen LogP contribution in [0.2, 0.25) is 0 Å². The molecule has 4 rings (SSSR count). The van der Waals surface area contributed by atoms with Crippen LogP contribution in [-0.2, 0) is 6.54 Å². The topological polar surface area (TPSA) is 99.7 Å². The van der Waals surface area contributed by atoms with Crippen molar-refractivity contribution in [3.05, 3.63) is 66.4 Å². The Balaban J connectivity index is 1.50. The van der Waals surface area contributed by atoms with Gasteiger partial charge in [-0.05, 0) is 31.5 Å². The molecule has 1 aliphatic heterocycles. The summed E-state index contributed by atoms with van der Waals surface area (Å²) < 4.78 is 0. The van der Waals surface area contributed by atoms with Crippen molar-refractivity contribution >= 4 is 11.7 Å². The lowest BCUT2D eigenvalue weighted by molar-refractivity contribution is 0.102. The maximum absolute atomic E-state index is 12.4.